The van der Waals surface area contributed by atoms with Crippen LogP contribution < -0.4 is 16.0 Å². The summed E-state index contributed by atoms with van der Waals surface area (Å²) in [6.45, 7) is 0.568. The average molecular weight is 353 g/mol. The van der Waals surface area contributed by atoms with Gasteiger partial charge >= 0.3 is 5.97 Å². The van der Waals surface area contributed by atoms with Crippen LogP contribution in [0.4, 0.5) is 5.69 Å². The molecule has 0 amide bonds. The van der Waals surface area contributed by atoms with Gasteiger partial charge in [0.05, 0.1) is 5.69 Å². The summed E-state index contributed by atoms with van der Waals surface area (Å²) in [4.78, 5) is 11.4. The molecule has 0 saturated heterocycles. The van der Waals surface area contributed by atoms with Crippen LogP contribution in [-0.2, 0) is 4.79 Å². The first-order chi connectivity index (χ1) is 11.7. The van der Waals surface area contributed by atoms with Gasteiger partial charge in [-0.2, -0.15) is 10.5 Å². The third kappa shape index (κ3) is 6.08. The molecule has 0 radical (unpaired) electrons. The van der Waals surface area contributed by atoms with Crippen LogP contribution in [0.15, 0.2) is 40.7 Å². The van der Waals surface area contributed by atoms with Crippen molar-refractivity contribution in [3.8, 4) is 0 Å². The van der Waals surface area contributed by atoms with Gasteiger partial charge in [0.2, 0.25) is 0 Å². The maximum atomic E-state index is 11.4. The summed E-state index contributed by atoms with van der Waals surface area (Å²) in [7, 11) is 0. The van der Waals surface area contributed by atoms with Crippen LogP contribution in [-0.4, -0.2) is 33.6 Å². The number of hydrogen-bond donors (Lipinski definition) is 4. The molecule has 0 fully saturated rings. The van der Waals surface area contributed by atoms with E-state index in [9.17, 15) is 9.90 Å². The van der Waals surface area contributed by atoms with Crippen molar-refractivity contribution >= 4 is 23.4 Å². The topological polar surface area (TPSA) is 110 Å². The summed E-state index contributed by atoms with van der Waals surface area (Å²) >= 11 is 1.26. The van der Waals surface area contributed by atoms with Crippen LogP contribution >= 0.6 is 11.8 Å². The lowest BCUT2D eigenvalue weighted by Gasteiger charge is -2.17. The van der Waals surface area contributed by atoms with Gasteiger partial charge in [-0.05, 0) is 25.0 Å². The number of aliphatic carboxylic acids is 1. The number of carboxylic acid groups (broad SMARTS) is 1. The molecule has 24 heavy (non-hydrogen) atoms. The van der Waals surface area contributed by atoms with Gasteiger partial charge in [0, 0.05) is 6.54 Å². The molecule has 9 heteroatoms. The second kappa shape index (κ2) is 10.2. The van der Waals surface area contributed by atoms with E-state index in [1.165, 1.54) is 11.8 Å². The van der Waals surface area contributed by atoms with Crippen molar-refractivity contribution in [3.63, 3.8) is 0 Å². The molecule has 4 N–H and O–H groups in total. The van der Waals surface area contributed by atoms with Gasteiger partial charge in [0.1, 0.15) is 5.25 Å². The lowest BCUT2D eigenvalue weighted by molar-refractivity contribution is -0.136. The molecular formula is C15H23N5O3S. The Kier molecular flexibility index (Phi) is 7.96. The van der Waals surface area contributed by atoms with Crippen molar-refractivity contribution in [2.75, 3.05) is 11.7 Å². The third-order valence-corrected chi connectivity index (χ3v) is 4.78. The van der Waals surface area contributed by atoms with Crippen molar-refractivity contribution in [3.05, 3.63) is 30.3 Å². The first-order valence-electron chi connectivity index (χ1n) is 7.98. The summed E-state index contributed by atoms with van der Waals surface area (Å²) in [6.07, 6.45) is 4.22. The maximum absolute atomic E-state index is 11.4. The molecule has 1 aliphatic rings. The fraction of sp³-hybridized carbons (Fsp3) is 0.533. The van der Waals surface area contributed by atoms with E-state index in [1.54, 1.807) is 5.12 Å². The van der Waals surface area contributed by atoms with Crippen LogP contribution in [0, 0.1) is 0 Å². The lowest BCUT2D eigenvalue weighted by atomic mass is 10.1. The quantitative estimate of drug-likeness (QED) is 0.358. The number of nitrogens with zero attached hydrogens (tertiary/aromatic N) is 3. The number of rotatable bonds is 11. The van der Waals surface area contributed by atoms with Crippen molar-refractivity contribution in [1.29, 1.82) is 0 Å². The van der Waals surface area contributed by atoms with Crippen LogP contribution in [0.5, 0.6) is 0 Å². The number of hydrazine groups is 1. The number of hydroxylamine groups is 1. The summed E-state index contributed by atoms with van der Waals surface area (Å²) in [6, 6.07) is 9.52. The second-order valence-electron chi connectivity index (χ2n) is 5.41. The molecule has 0 bridgehead atoms. The average Bonchev–Trinajstić information content (AvgIpc) is 3.06. The van der Waals surface area contributed by atoms with Gasteiger partial charge in [-0.25, -0.2) is 5.48 Å². The Bertz CT molecular complexity index is 531. The number of unbranched alkanes of at least 4 members (excludes halogenated alkanes) is 3. The first kappa shape index (κ1) is 18.7. The molecule has 1 aromatic carbocycles. The van der Waals surface area contributed by atoms with Gasteiger partial charge in [-0.3, -0.25) is 4.79 Å². The highest BCUT2D eigenvalue weighted by atomic mass is 32.2. The fourth-order valence-corrected chi connectivity index (χ4v) is 3.29. The Morgan fingerprint density at radius 2 is 2.04 bits per heavy atom. The highest BCUT2D eigenvalue weighted by molar-refractivity contribution is 8.01. The van der Waals surface area contributed by atoms with E-state index in [0.29, 0.717) is 13.0 Å². The highest BCUT2D eigenvalue weighted by Gasteiger charge is 2.27. The Balaban J connectivity index is 1.73. The number of carbonyl (C=O) groups is 1. The summed E-state index contributed by atoms with van der Waals surface area (Å²) in [5.74, 6) is -0.827. The molecule has 0 spiro atoms. The molecule has 1 aliphatic heterocycles. The predicted octanol–water partition coefficient (Wildman–Crippen LogP) is 2.78. The molecule has 132 valence electrons. The zero-order valence-electron chi connectivity index (χ0n) is 13.3. The smallest absolute Gasteiger partial charge is 0.316 e. The summed E-state index contributed by atoms with van der Waals surface area (Å²) in [5, 5.41) is 27.0. The normalized spacial score (nSPS) is 18.0. The van der Waals surface area contributed by atoms with Gasteiger partial charge in [0.15, 0.2) is 5.50 Å². The number of carboxylic acids is 1. The third-order valence-electron chi connectivity index (χ3n) is 3.55. The Morgan fingerprint density at radius 3 is 2.75 bits per heavy atom. The molecule has 2 unspecified atom stereocenters. The molecule has 0 saturated carbocycles. The van der Waals surface area contributed by atoms with Crippen LogP contribution in [0.2, 0.25) is 0 Å². The van der Waals surface area contributed by atoms with Crippen LogP contribution in [0.3, 0.4) is 0 Å². The van der Waals surface area contributed by atoms with Crippen LogP contribution in [0.25, 0.3) is 0 Å². The summed E-state index contributed by atoms with van der Waals surface area (Å²) in [5.41, 5.74) is 5.65. The van der Waals surface area contributed by atoms with E-state index in [1.807, 2.05) is 30.3 Å². The predicted molar refractivity (Wildman–Crippen MR) is 92.6 cm³/mol. The minimum atomic E-state index is -0.827. The number of nitrogens with one attached hydrogen (secondary N) is 2. The Morgan fingerprint density at radius 1 is 1.29 bits per heavy atom. The van der Waals surface area contributed by atoms with Crippen LogP contribution in [0.1, 0.15) is 32.1 Å². The number of benzene rings is 1. The Hall–Kier alpha value is -1.68. The number of thioether (sulfide) groups is 1. The molecule has 1 aromatic rings. The molecule has 1 heterocycles. The van der Waals surface area contributed by atoms with Crippen molar-refractivity contribution in [1.82, 2.24) is 10.9 Å². The van der Waals surface area contributed by atoms with Gasteiger partial charge < -0.3 is 10.3 Å². The highest BCUT2D eigenvalue weighted by Crippen LogP contribution is 2.27. The zero-order valence-corrected chi connectivity index (χ0v) is 14.2. The van der Waals surface area contributed by atoms with Crippen molar-refractivity contribution in [2.24, 2.45) is 10.3 Å². The molecule has 0 aromatic heterocycles. The van der Waals surface area contributed by atoms with E-state index in [-0.39, 0.29) is 0 Å². The number of anilines is 1. The summed E-state index contributed by atoms with van der Waals surface area (Å²) < 4.78 is 0. The standard InChI is InChI=1S/C15H23N5O3S/c21-14(22)13(10-6-1-2-7-11-16-23)24-15-17-19-20(18-15)12-8-4-3-5-9-12/h3-5,8-9,13,15-16,18,23H,1-2,6-7,10-11H2,(H,21,22). The van der Waals surface area contributed by atoms with E-state index >= 15 is 0 Å². The second-order valence-corrected chi connectivity index (χ2v) is 6.70. The fourth-order valence-electron chi connectivity index (χ4n) is 2.30. The number of para-hydroxylation sites is 1. The lowest BCUT2D eigenvalue weighted by Crippen LogP contribution is -2.35. The molecule has 0 aliphatic carbocycles. The minimum Gasteiger partial charge on any atom is -0.480 e. The molecular weight excluding hydrogens is 330 g/mol. The van der Waals surface area contributed by atoms with E-state index < -0.39 is 16.7 Å². The van der Waals surface area contributed by atoms with Crippen molar-refractivity contribution in [2.45, 2.75) is 42.9 Å². The largest absolute Gasteiger partial charge is 0.480 e. The first-order valence-corrected chi connectivity index (χ1v) is 8.92. The van der Waals surface area contributed by atoms with Gasteiger partial charge in [-0.15, -0.1) is 16.9 Å². The van der Waals surface area contributed by atoms with E-state index in [0.717, 1.165) is 31.4 Å². The number of hydrogen-bond acceptors (Lipinski definition) is 8. The zero-order chi connectivity index (χ0) is 17.2. The molecule has 2 rings (SSSR count). The minimum absolute atomic E-state index is 0.398. The van der Waals surface area contributed by atoms with Gasteiger partial charge in [0.25, 0.3) is 0 Å². The maximum Gasteiger partial charge on any atom is 0.316 e. The monoisotopic (exact) mass is 353 g/mol. The van der Waals surface area contributed by atoms with Gasteiger partial charge in [-0.1, -0.05) is 42.7 Å². The van der Waals surface area contributed by atoms with Crippen molar-refractivity contribution < 1.29 is 15.1 Å². The van der Waals surface area contributed by atoms with E-state index in [2.05, 4.69) is 21.2 Å². The molecule has 8 nitrogen and oxygen atoms in total. The van der Waals surface area contributed by atoms with E-state index in [4.69, 9.17) is 5.21 Å². The molecule has 2 atom stereocenters. The Labute approximate surface area is 145 Å². The SMILES string of the molecule is O=C(O)C(CCCCCCNO)SC1N=NN(c2ccccc2)N1.